The Bertz CT molecular complexity index is 1550. The summed E-state index contributed by atoms with van der Waals surface area (Å²) >= 11 is 0.744. The number of hydrogen-bond acceptors (Lipinski definition) is 4. The summed E-state index contributed by atoms with van der Waals surface area (Å²) in [5, 5.41) is -0.359. The van der Waals surface area contributed by atoms with Gasteiger partial charge in [-0.15, -0.1) is 0 Å². The van der Waals surface area contributed by atoms with E-state index in [2.05, 4.69) is 25.8 Å². The molecule has 5 rings (SSSR count). The van der Waals surface area contributed by atoms with Gasteiger partial charge in [0.15, 0.2) is 5.16 Å². The Morgan fingerprint density at radius 3 is 2.40 bits per heavy atom. The lowest BCUT2D eigenvalue weighted by atomic mass is 9.65. The van der Waals surface area contributed by atoms with E-state index in [4.69, 9.17) is 0 Å². The molecule has 12 heteroatoms. The molecule has 40 heavy (non-hydrogen) atoms. The number of benzene rings is 2. The molecule has 3 aromatic rings. The molecular weight excluding hydrogens is 556 g/mol. The zero-order valence-electron chi connectivity index (χ0n) is 22.0. The molecule has 1 amide bonds. The average Bonchev–Trinajstić information content (AvgIpc) is 3.09. The van der Waals surface area contributed by atoms with Crippen molar-refractivity contribution in [1.82, 2.24) is 14.5 Å². The zero-order chi connectivity index (χ0) is 29.3. The van der Waals surface area contributed by atoms with Crippen LogP contribution in [0.3, 0.4) is 0 Å². The highest BCUT2D eigenvalue weighted by Crippen LogP contribution is 2.52. The van der Waals surface area contributed by atoms with Gasteiger partial charge in [-0.25, -0.2) is 4.98 Å². The first kappa shape index (κ1) is 28.5. The van der Waals surface area contributed by atoms with E-state index in [1.54, 1.807) is 11.0 Å². The highest BCUT2D eigenvalue weighted by atomic mass is 32.2. The summed E-state index contributed by atoms with van der Waals surface area (Å²) in [5.74, 6) is -0.497. The molecule has 1 saturated heterocycles. The minimum atomic E-state index is -5.06. The molecule has 214 valence electrons. The monoisotopic (exact) mass is 583 g/mol. The fraction of sp³-hybridized carbons (Fsp3) is 0.464. The van der Waals surface area contributed by atoms with Crippen LogP contribution in [-0.4, -0.2) is 38.7 Å². The van der Waals surface area contributed by atoms with Gasteiger partial charge in [-0.05, 0) is 60.4 Å². The number of carbonyl (C=O) groups excluding carboxylic acids is 1. The van der Waals surface area contributed by atoms with Crippen molar-refractivity contribution in [3.05, 3.63) is 63.9 Å². The number of amides is 1. The molecule has 2 atom stereocenters. The number of carbonyl (C=O) groups is 1. The molecule has 0 radical (unpaired) electrons. The maximum Gasteiger partial charge on any atom is 0.418 e. The van der Waals surface area contributed by atoms with Crippen LogP contribution in [0, 0.1) is 10.8 Å². The Morgan fingerprint density at radius 1 is 1.02 bits per heavy atom. The van der Waals surface area contributed by atoms with Gasteiger partial charge in [0.05, 0.1) is 33.5 Å². The van der Waals surface area contributed by atoms with Gasteiger partial charge in [-0.1, -0.05) is 44.7 Å². The molecule has 2 aromatic carbocycles. The van der Waals surface area contributed by atoms with Gasteiger partial charge in [0.2, 0.25) is 5.91 Å². The number of thioether (sulfide) groups is 1. The number of aromatic nitrogens is 2. The van der Waals surface area contributed by atoms with Gasteiger partial charge in [-0.3, -0.25) is 14.2 Å². The predicted octanol–water partition coefficient (Wildman–Crippen LogP) is 6.94. The Balaban J connectivity index is 1.58. The van der Waals surface area contributed by atoms with Crippen LogP contribution in [0.15, 0.2) is 52.4 Å². The highest BCUT2D eigenvalue weighted by molar-refractivity contribution is 7.99. The molecule has 0 N–H and O–H groups in total. The van der Waals surface area contributed by atoms with E-state index in [1.165, 1.54) is 18.2 Å². The van der Waals surface area contributed by atoms with E-state index in [-0.39, 0.29) is 44.6 Å². The first-order chi connectivity index (χ1) is 18.5. The van der Waals surface area contributed by atoms with Gasteiger partial charge >= 0.3 is 12.4 Å². The van der Waals surface area contributed by atoms with E-state index in [9.17, 15) is 35.9 Å². The van der Waals surface area contributed by atoms with Crippen molar-refractivity contribution in [3.8, 4) is 5.69 Å². The van der Waals surface area contributed by atoms with E-state index in [1.807, 2.05) is 0 Å². The van der Waals surface area contributed by atoms with Crippen LogP contribution < -0.4 is 5.56 Å². The summed E-state index contributed by atoms with van der Waals surface area (Å²) in [6.45, 7) is 7.00. The summed E-state index contributed by atoms with van der Waals surface area (Å²) in [4.78, 5) is 33.0. The normalized spacial score (nSPS) is 22.6. The topological polar surface area (TPSA) is 55.2 Å². The summed E-state index contributed by atoms with van der Waals surface area (Å²) in [6, 6.07) is 6.85. The molecule has 2 aliphatic rings. The van der Waals surface area contributed by atoms with Crippen LogP contribution in [0.2, 0.25) is 0 Å². The lowest BCUT2D eigenvalue weighted by Gasteiger charge is -2.39. The van der Waals surface area contributed by atoms with Crippen LogP contribution in [0.4, 0.5) is 26.3 Å². The SMILES string of the molecule is CC1(C)CC2CC(C)(CN2C(=O)CSc2nc3ccccc3c(=O)n2-c2cc(C(F)(F)F)ccc2C(F)(F)F)C1. The number of alkyl halides is 6. The van der Waals surface area contributed by atoms with Crippen molar-refractivity contribution < 1.29 is 31.1 Å². The number of likely N-dealkylation sites (tertiary alicyclic amines) is 1. The van der Waals surface area contributed by atoms with E-state index >= 15 is 0 Å². The average molecular weight is 584 g/mol. The second-order valence-electron chi connectivity index (χ2n) is 11.8. The molecule has 2 unspecified atom stereocenters. The van der Waals surface area contributed by atoms with Crippen molar-refractivity contribution in [2.45, 2.75) is 63.6 Å². The third-order valence-corrected chi connectivity index (χ3v) is 8.60. The molecule has 2 bridgehead atoms. The lowest BCUT2D eigenvalue weighted by Crippen LogP contribution is -2.38. The standard InChI is InChI=1S/C28H27F6N3O2S/c1-25(2)11-17-12-26(3,14-25)15-36(17)22(38)13-40-24-35-20-7-5-4-6-18(20)23(39)37(24)21-10-16(27(29,30)31)8-9-19(21)28(32,33)34/h4-10,17H,11-15H2,1-3H3. The van der Waals surface area contributed by atoms with Gasteiger partial charge < -0.3 is 4.90 Å². The molecular formula is C28H27F6N3O2S. The lowest BCUT2D eigenvalue weighted by molar-refractivity contribution is -0.141. The highest BCUT2D eigenvalue weighted by Gasteiger charge is 2.50. The number of para-hydroxylation sites is 1. The third-order valence-electron chi connectivity index (χ3n) is 7.68. The number of nitrogens with zero attached hydrogens (tertiary/aromatic N) is 3. The van der Waals surface area contributed by atoms with Crippen LogP contribution in [0.1, 0.15) is 51.2 Å². The van der Waals surface area contributed by atoms with Gasteiger partial charge in [0, 0.05) is 12.6 Å². The molecule has 1 aliphatic heterocycles. The van der Waals surface area contributed by atoms with Crippen molar-refractivity contribution >= 4 is 28.6 Å². The zero-order valence-corrected chi connectivity index (χ0v) is 22.8. The Kier molecular flexibility index (Phi) is 6.79. The minimum Gasteiger partial charge on any atom is -0.338 e. The number of halogens is 6. The van der Waals surface area contributed by atoms with Crippen LogP contribution in [0.25, 0.3) is 16.6 Å². The summed E-state index contributed by atoms with van der Waals surface area (Å²) < 4.78 is 83.2. The first-order valence-electron chi connectivity index (χ1n) is 12.7. The molecule has 1 aromatic heterocycles. The maximum absolute atomic E-state index is 14.0. The van der Waals surface area contributed by atoms with Crippen molar-refractivity contribution in [3.63, 3.8) is 0 Å². The Labute approximate surface area is 230 Å². The van der Waals surface area contributed by atoms with Crippen LogP contribution in [-0.2, 0) is 17.1 Å². The van der Waals surface area contributed by atoms with Crippen molar-refractivity contribution in [1.29, 1.82) is 0 Å². The second kappa shape index (κ2) is 9.53. The van der Waals surface area contributed by atoms with E-state index < -0.39 is 34.7 Å². The number of hydrogen-bond donors (Lipinski definition) is 0. The van der Waals surface area contributed by atoms with Gasteiger partial charge in [0.25, 0.3) is 5.56 Å². The molecule has 1 aliphatic carbocycles. The first-order valence-corrected chi connectivity index (χ1v) is 13.7. The summed E-state index contributed by atoms with van der Waals surface area (Å²) in [7, 11) is 0. The minimum absolute atomic E-state index is 0.0221. The molecule has 2 heterocycles. The van der Waals surface area contributed by atoms with Gasteiger partial charge in [0.1, 0.15) is 0 Å². The molecule has 1 saturated carbocycles. The van der Waals surface area contributed by atoms with Gasteiger partial charge in [-0.2, -0.15) is 26.3 Å². The van der Waals surface area contributed by atoms with E-state index in [0.717, 1.165) is 31.0 Å². The molecule has 5 nitrogen and oxygen atoms in total. The Hall–Kier alpha value is -3.02. The van der Waals surface area contributed by atoms with Crippen molar-refractivity contribution in [2.24, 2.45) is 10.8 Å². The van der Waals surface area contributed by atoms with E-state index in [0.29, 0.717) is 29.3 Å². The number of fused-ring (bicyclic) bond motifs is 3. The molecule has 2 fully saturated rings. The third kappa shape index (κ3) is 5.34. The number of rotatable bonds is 4. The largest absolute Gasteiger partial charge is 0.418 e. The quantitative estimate of drug-likeness (QED) is 0.190. The smallest absolute Gasteiger partial charge is 0.338 e. The van der Waals surface area contributed by atoms with Crippen LogP contribution in [0.5, 0.6) is 0 Å². The Morgan fingerprint density at radius 2 is 1.73 bits per heavy atom. The fourth-order valence-electron chi connectivity index (χ4n) is 6.52. The maximum atomic E-state index is 14.0. The summed E-state index contributed by atoms with van der Waals surface area (Å²) in [6.07, 6.45) is -7.39. The van der Waals surface area contributed by atoms with Crippen LogP contribution >= 0.6 is 11.8 Å². The predicted molar refractivity (Wildman–Crippen MR) is 139 cm³/mol. The van der Waals surface area contributed by atoms with Crippen molar-refractivity contribution in [2.75, 3.05) is 12.3 Å². The fourth-order valence-corrected chi connectivity index (χ4v) is 7.41. The molecule has 0 spiro atoms. The second-order valence-corrected chi connectivity index (χ2v) is 12.7. The summed E-state index contributed by atoms with van der Waals surface area (Å²) in [5.41, 5.74) is -4.55.